The van der Waals surface area contributed by atoms with Crippen LogP contribution >= 0.6 is 11.6 Å². The summed E-state index contributed by atoms with van der Waals surface area (Å²) in [5.74, 6) is -1.37. The van der Waals surface area contributed by atoms with Crippen LogP contribution in [0.2, 0.25) is 5.02 Å². The molecule has 0 bridgehead atoms. The van der Waals surface area contributed by atoms with E-state index >= 15 is 0 Å². The summed E-state index contributed by atoms with van der Waals surface area (Å²) in [6.07, 6.45) is -8.00. The normalized spacial score (nSPS) is 14.2. The number of hydrogen-bond donors (Lipinski definition) is 1. The smallest absolute Gasteiger partial charge is 0.319 e. The highest BCUT2D eigenvalue weighted by molar-refractivity contribution is 6.30. The van der Waals surface area contributed by atoms with Crippen molar-refractivity contribution in [3.63, 3.8) is 0 Å². The molecule has 0 amide bonds. The van der Waals surface area contributed by atoms with Crippen LogP contribution in [0.15, 0.2) is 12.1 Å². The maximum absolute atomic E-state index is 13.3. The van der Waals surface area contributed by atoms with Gasteiger partial charge in [-0.25, -0.2) is 13.2 Å². The van der Waals surface area contributed by atoms with Crippen molar-refractivity contribution >= 4 is 11.6 Å². The van der Waals surface area contributed by atoms with E-state index < -0.39 is 40.6 Å². The molecular formula is C9H6ClF6N. The first-order valence-corrected chi connectivity index (χ1v) is 4.62. The lowest BCUT2D eigenvalue weighted by molar-refractivity contribution is -0.137. The van der Waals surface area contributed by atoms with Crippen LogP contribution in [-0.4, -0.2) is 6.43 Å². The highest BCUT2D eigenvalue weighted by Gasteiger charge is 2.34. The summed E-state index contributed by atoms with van der Waals surface area (Å²) >= 11 is 5.20. The van der Waals surface area contributed by atoms with E-state index in [9.17, 15) is 26.3 Å². The highest BCUT2D eigenvalue weighted by Crippen LogP contribution is 2.35. The van der Waals surface area contributed by atoms with Gasteiger partial charge in [0.1, 0.15) is 5.82 Å². The molecule has 0 radical (unpaired) electrons. The summed E-state index contributed by atoms with van der Waals surface area (Å²) < 4.78 is 74.7. The van der Waals surface area contributed by atoms with Gasteiger partial charge in [0, 0.05) is 5.56 Å². The van der Waals surface area contributed by atoms with Crippen LogP contribution < -0.4 is 5.73 Å². The van der Waals surface area contributed by atoms with Gasteiger partial charge < -0.3 is 5.73 Å². The fourth-order valence-corrected chi connectivity index (χ4v) is 1.38. The molecule has 96 valence electrons. The first kappa shape index (κ1) is 14.1. The molecule has 0 heterocycles. The summed E-state index contributed by atoms with van der Waals surface area (Å²) in [5, 5.41) is -0.897. The first-order valence-electron chi connectivity index (χ1n) is 4.24. The topological polar surface area (TPSA) is 26.0 Å². The summed E-state index contributed by atoms with van der Waals surface area (Å²) in [7, 11) is 0. The molecule has 1 aromatic carbocycles. The van der Waals surface area contributed by atoms with Gasteiger partial charge in [-0.2, -0.15) is 13.2 Å². The van der Waals surface area contributed by atoms with Crippen molar-refractivity contribution in [2.24, 2.45) is 5.73 Å². The third kappa shape index (κ3) is 3.04. The molecule has 1 rings (SSSR count). The Balaban J connectivity index is 3.35. The van der Waals surface area contributed by atoms with Crippen molar-refractivity contribution < 1.29 is 26.3 Å². The van der Waals surface area contributed by atoms with Crippen LogP contribution in [0.1, 0.15) is 17.2 Å². The molecule has 0 aliphatic carbocycles. The maximum atomic E-state index is 13.3. The zero-order valence-electron chi connectivity index (χ0n) is 8.03. The minimum Gasteiger partial charge on any atom is -0.319 e. The second kappa shape index (κ2) is 4.73. The third-order valence-corrected chi connectivity index (χ3v) is 2.29. The molecule has 0 fully saturated rings. The number of rotatable bonds is 2. The predicted molar refractivity (Wildman–Crippen MR) is 49.3 cm³/mol. The number of halogens is 7. The van der Waals surface area contributed by atoms with Crippen LogP contribution in [-0.2, 0) is 6.18 Å². The molecule has 0 aliphatic heterocycles. The SMILES string of the molecule is N[C@H](c1cc(C(F)(F)F)cc(Cl)c1F)C(F)F. The molecule has 1 nitrogen and oxygen atoms in total. The zero-order valence-corrected chi connectivity index (χ0v) is 8.79. The summed E-state index contributed by atoms with van der Waals surface area (Å²) in [6, 6.07) is -1.61. The van der Waals surface area contributed by atoms with Crippen molar-refractivity contribution in [2.75, 3.05) is 0 Å². The van der Waals surface area contributed by atoms with Crippen LogP contribution in [0.3, 0.4) is 0 Å². The minimum absolute atomic E-state index is 0.234. The van der Waals surface area contributed by atoms with Crippen molar-refractivity contribution in [2.45, 2.75) is 18.6 Å². The molecule has 8 heteroatoms. The molecule has 0 saturated carbocycles. The molecule has 1 atom stereocenters. The lowest BCUT2D eigenvalue weighted by Crippen LogP contribution is -2.21. The second-order valence-corrected chi connectivity index (χ2v) is 3.63. The summed E-state index contributed by atoms with van der Waals surface area (Å²) in [6.45, 7) is 0. The lowest BCUT2D eigenvalue weighted by atomic mass is 10.0. The highest BCUT2D eigenvalue weighted by atomic mass is 35.5. The third-order valence-electron chi connectivity index (χ3n) is 2.01. The Morgan fingerprint density at radius 1 is 1.18 bits per heavy atom. The van der Waals surface area contributed by atoms with E-state index in [0.29, 0.717) is 6.07 Å². The Morgan fingerprint density at radius 2 is 1.71 bits per heavy atom. The van der Waals surface area contributed by atoms with Crippen molar-refractivity contribution in [1.82, 2.24) is 0 Å². The predicted octanol–water partition coefficient (Wildman–Crippen LogP) is 3.76. The molecule has 17 heavy (non-hydrogen) atoms. The number of alkyl halides is 5. The Bertz CT molecular complexity index is 417. The van der Waals surface area contributed by atoms with Crippen LogP contribution in [0, 0.1) is 5.82 Å². The average molecular weight is 278 g/mol. The van der Waals surface area contributed by atoms with Gasteiger partial charge in [-0.15, -0.1) is 0 Å². The van der Waals surface area contributed by atoms with Gasteiger partial charge in [0.05, 0.1) is 16.6 Å². The summed E-state index contributed by atoms with van der Waals surface area (Å²) in [5.41, 5.74) is 2.62. The first-order chi connectivity index (χ1) is 7.64. The van der Waals surface area contributed by atoms with Crippen LogP contribution in [0.4, 0.5) is 26.3 Å². The van der Waals surface area contributed by atoms with E-state index in [-0.39, 0.29) is 6.07 Å². The van der Waals surface area contributed by atoms with E-state index in [4.69, 9.17) is 17.3 Å². The summed E-state index contributed by atoms with van der Waals surface area (Å²) in [4.78, 5) is 0. The van der Waals surface area contributed by atoms with Crippen LogP contribution in [0.25, 0.3) is 0 Å². The van der Waals surface area contributed by atoms with E-state index in [2.05, 4.69) is 0 Å². The largest absolute Gasteiger partial charge is 0.416 e. The molecule has 0 aliphatic rings. The average Bonchev–Trinajstić information content (AvgIpc) is 2.19. The van der Waals surface area contributed by atoms with E-state index in [1.165, 1.54) is 0 Å². The van der Waals surface area contributed by atoms with Gasteiger partial charge in [0.15, 0.2) is 0 Å². The fourth-order valence-electron chi connectivity index (χ4n) is 1.15. The maximum Gasteiger partial charge on any atom is 0.416 e. The van der Waals surface area contributed by atoms with Crippen LogP contribution in [0.5, 0.6) is 0 Å². The number of hydrogen-bond acceptors (Lipinski definition) is 1. The quantitative estimate of drug-likeness (QED) is 0.818. The fraction of sp³-hybridized carbons (Fsp3) is 0.333. The van der Waals surface area contributed by atoms with Gasteiger partial charge in [0.25, 0.3) is 6.43 Å². The van der Waals surface area contributed by atoms with Crippen molar-refractivity contribution in [1.29, 1.82) is 0 Å². The molecule has 0 saturated heterocycles. The number of nitrogens with two attached hydrogens (primary N) is 1. The van der Waals surface area contributed by atoms with E-state index in [0.717, 1.165) is 0 Å². The molecular weight excluding hydrogens is 272 g/mol. The van der Waals surface area contributed by atoms with Crippen molar-refractivity contribution in [3.8, 4) is 0 Å². The van der Waals surface area contributed by atoms with Gasteiger partial charge in [0.2, 0.25) is 0 Å². The lowest BCUT2D eigenvalue weighted by Gasteiger charge is -2.15. The Hall–Kier alpha value is -0.950. The molecule has 0 spiro atoms. The van der Waals surface area contributed by atoms with E-state index in [1.807, 2.05) is 0 Å². The Kier molecular flexibility index (Phi) is 3.93. The number of benzene rings is 1. The van der Waals surface area contributed by atoms with Gasteiger partial charge >= 0.3 is 6.18 Å². The van der Waals surface area contributed by atoms with Gasteiger partial charge in [-0.3, -0.25) is 0 Å². The Labute approximate surface area is 97.2 Å². The second-order valence-electron chi connectivity index (χ2n) is 3.22. The molecule has 0 aromatic heterocycles. The molecule has 1 aromatic rings. The standard InChI is InChI=1S/C9H6ClF6N/c10-5-2-3(9(14,15)16)1-4(6(5)11)7(17)8(12)13/h1-2,7-8H,17H2/t7-/m1/s1. The monoisotopic (exact) mass is 277 g/mol. The van der Waals surface area contributed by atoms with Crippen molar-refractivity contribution in [3.05, 3.63) is 34.1 Å². The molecule has 2 N–H and O–H groups in total. The Morgan fingerprint density at radius 3 is 2.12 bits per heavy atom. The minimum atomic E-state index is -4.81. The zero-order chi connectivity index (χ0) is 13.4. The van der Waals surface area contributed by atoms with Gasteiger partial charge in [-0.05, 0) is 12.1 Å². The van der Waals surface area contributed by atoms with Gasteiger partial charge in [-0.1, -0.05) is 11.6 Å². The molecule has 0 unspecified atom stereocenters. The van der Waals surface area contributed by atoms with E-state index in [1.54, 1.807) is 0 Å².